The molecule has 0 unspecified atom stereocenters. The number of hydrogen-bond donors (Lipinski definition) is 0. The van der Waals surface area contributed by atoms with Crippen LogP contribution in [0.15, 0.2) is 158 Å². The molecule has 2 aliphatic rings. The molecule has 0 fully saturated rings. The van der Waals surface area contributed by atoms with Gasteiger partial charge in [0.15, 0.2) is 0 Å². The Labute approximate surface area is 285 Å². The fourth-order valence-corrected chi connectivity index (χ4v) is 9.31. The zero-order chi connectivity index (χ0) is 32.4. The molecule has 0 heterocycles. The molecule has 0 nitrogen and oxygen atoms in total. The van der Waals surface area contributed by atoms with Crippen molar-refractivity contribution < 1.29 is 0 Å². The molecule has 0 spiro atoms. The minimum absolute atomic E-state index is 0.110. The van der Waals surface area contributed by atoms with Gasteiger partial charge in [0.2, 0.25) is 0 Å². The van der Waals surface area contributed by atoms with Crippen LogP contribution >= 0.6 is 0 Å². The molecule has 2 aliphatic carbocycles. The van der Waals surface area contributed by atoms with Crippen molar-refractivity contribution in [1.82, 2.24) is 0 Å². The summed E-state index contributed by atoms with van der Waals surface area (Å²) in [4.78, 5) is 0. The summed E-state index contributed by atoms with van der Waals surface area (Å²) in [6.45, 7) is 4.82. The van der Waals surface area contributed by atoms with Crippen molar-refractivity contribution in [1.29, 1.82) is 0 Å². The highest BCUT2D eigenvalue weighted by molar-refractivity contribution is 6.20. The lowest BCUT2D eigenvalue weighted by Crippen LogP contribution is -2.15. The van der Waals surface area contributed by atoms with Gasteiger partial charge in [-0.2, -0.15) is 0 Å². The lowest BCUT2D eigenvalue weighted by Gasteiger charge is -2.24. The largest absolute Gasteiger partial charge is 0.0616 e. The molecule has 0 saturated heterocycles. The minimum Gasteiger partial charge on any atom is -0.0616 e. The van der Waals surface area contributed by atoms with Gasteiger partial charge in [-0.3, -0.25) is 0 Å². The molecule has 0 radical (unpaired) electrons. The van der Waals surface area contributed by atoms with Gasteiger partial charge < -0.3 is 0 Å². The van der Waals surface area contributed by atoms with Crippen molar-refractivity contribution >= 4 is 43.1 Å². The summed E-state index contributed by atoms with van der Waals surface area (Å²) in [6, 6.07) is 59.2. The molecule has 0 heteroatoms. The Morgan fingerprint density at radius 1 is 0.347 bits per heavy atom. The fraction of sp³-hybridized carbons (Fsp3) is 0.0612. The van der Waals surface area contributed by atoms with E-state index < -0.39 is 0 Å². The van der Waals surface area contributed by atoms with Crippen LogP contribution in [0.2, 0.25) is 0 Å². The van der Waals surface area contributed by atoms with Gasteiger partial charge in [0.25, 0.3) is 0 Å². The van der Waals surface area contributed by atoms with Gasteiger partial charge in [0.05, 0.1) is 0 Å². The van der Waals surface area contributed by atoms with E-state index in [9.17, 15) is 0 Å². The van der Waals surface area contributed by atoms with Gasteiger partial charge in [0.1, 0.15) is 0 Å². The van der Waals surface area contributed by atoms with E-state index in [0.29, 0.717) is 0 Å². The van der Waals surface area contributed by atoms with Crippen molar-refractivity contribution in [3.05, 3.63) is 169 Å². The first-order valence-corrected chi connectivity index (χ1v) is 17.4. The van der Waals surface area contributed by atoms with Crippen molar-refractivity contribution in [3.63, 3.8) is 0 Å². The maximum atomic E-state index is 2.47. The van der Waals surface area contributed by atoms with E-state index in [0.717, 1.165) is 0 Å². The van der Waals surface area contributed by atoms with Crippen LogP contribution in [-0.2, 0) is 5.41 Å². The van der Waals surface area contributed by atoms with E-state index in [1.165, 1.54) is 110 Å². The predicted octanol–water partition coefficient (Wildman–Crippen LogP) is 13.6. The van der Waals surface area contributed by atoms with Gasteiger partial charge in [-0.25, -0.2) is 0 Å². The van der Waals surface area contributed by atoms with Crippen LogP contribution in [0.1, 0.15) is 25.0 Å². The molecule has 9 aromatic carbocycles. The van der Waals surface area contributed by atoms with Gasteiger partial charge in [0, 0.05) is 5.41 Å². The summed E-state index contributed by atoms with van der Waals surface area (Å²) in [5.41, 5.74) is 15.9. The average Bonchev–Trinajstić information content (AvgIpc) is 3.60. The van der Waals surface area contributed by atoms with Gasteiger partial charge >= 0.3 is 0 Å². The zero-order valence-electron chi connectivity index (χ0n) is 27.5. The van der Waals surface area contributed by atoms with E-state index >= 15 is 0 Å². The van der Waals surface area contributed by atoms with Crippen LogP contribution in [0, 0.1) is 0 Å². The van der Waals surface area contributed by atoms with Crippen molar-refractivity contribution in [2.75, 3.05) is 0 Å². The molecular formula is C49H32. The normalized spacial score (nSPS) is 13.7. The third-order valence-corrected chi connectivity index (χ3v) is 11.6. The third kappa shape index (κ3) is 3.58. The monoisotopic (exact) mass is 620 g/mol. The maximum absolute atomic E-state index is 2.47. The standard InChI is InChI=1S/C49H32/c1-49(2)45-28-33-26-31(22-23-32(33)27-44(45)47-41-14-7-5-12-37(41)38-13-6-8-15-43(38)48(47)49)29-18-20-30(21-19-29)34-24-25-42-36-11-4-3-10-35(36)40-17-9-16-39(34)46(40)42/h3-28H,1-2H3. The second-order valence-electron chi connectivity index (χ2n) is 14.4. The Balaban J connectivity index is 1.02. The zero-order valence-corrected chi connectivity index (χ0v) is 27.5. The summed E-state index contributed by atoms with van der Waals surface area (Å²) in [6.07, 6.45) is 0. The topological polar surface area (TPSA) is 0 Å². The van der Waals surface area contributed by atoms with E-state index in [2.05, 4.69) is 172 Å². The Kier molecular flexibility index (Phi) is 5.27. The first-order valence-electron chi connectivity index (χ1n) is 17.4. The number of fused-ring (bicyclic) bond motifs is 12. The second kappa shape index (κ2) is 9.56. The van der Waals surface area contributed by atoms with Gasteiger partial charge in [-0.1, -0.05) is 153 Å². The highest BCUT2D eigenvalue weighted by Gasteiger charge is 2.38. The first kappa shape index (κ1) is 27.0. The van der Waals surface area contributed by atoms with Crippen LogP contribution in [0.5, 0.6) is 0 Å². The van der Waals surface area contributed by atoms with Crippen LogP contribution < -0.4 is 0 Å². The van der Waals surface area contributed by atoms with Crippen molar-refractivity contribution in [2.24, 2.45) is 0 Å². The lowest BCUT2D eigenvalue weighted by atomic mass is 9.79. The van der Waals surface area contributed by atoms with E-state index in [1.54, 1.807) is 0 Å². The Bertz CT molecular complexity index is 2850. The summed E-state index contributed by atoms with van der Waals surface area (Å²) >= 11 is 0. The van der Waals surface area contributed by atoms with Gasteiger partial charge in [-0.05, 0) is 128 Å². The van der Waals surface area contributed by atoms with Crippen LogP contribution in [0.25, 0.3) is 98.7 Å². The molecule has 0 amide bonds. The fourth-order valence-electron chi connectivity index (χ4n) is 9.31. The molecule has 228 valence electrons. The van der Waals surface area contributed by atoms with E-state index in [4.69, 9.17) is 0 Å². The third-order valence-electron chi connectivity index (χ3n) is 11.6. The summed E-state index contributed by atoms with van der Waals surface area (Å²) in [7, 11) is 0. The smallest absolute Gasteiger partial charge is 0.0165 e. The molecule has 0 N–H and O–H groups in total. The molecular weight excluding hydrogens is 589 g/mol. The number of hydrogen-bond acceptors (Lipinski definition) is 0. The van der Waals surface area contributed by atoms with Crippen molar-refractivity contribution in [3.8, 4) is 55.6 Å². The quantitative estimate of drug-likeness (QED) is 0.169. The van der Waals surface area contributed by atoms with Crippen LogP contribution in [0.3, 0.4) is 0 Å². The highest BCUT2D eigenvalue weighted by Crippen LogP contribution is 2.55. The van der Waals surface area contributed by atoms with E-state index in [-0.39, 0.29) is 5.41 Å². The van der Waals surface area contributed by atoms with Gasteiger partial charge in [-0.15, -0.1) is 0 Å². The molecule has 49 heavy (non-hydrogen) atoms. The summed E-state index contributed by atoms with van der Waals surface area (Å²) in [5.74, 6) is 0. The number of rotatable bonds is 2. The van der Waals surface area contributed by atoms with E-state index in [1.807, 2.05) is 0 Å². The highest BCUT2D eigenvalue weighted by atomic mass is 14.4. The molecule has 11 rings (SSSR count). The molecule has 0 bridgehead atoms. The molecule has 0 aromatic heterocycles. The number of benzene rings is 9. The summed E-state index contributed by atoms with van der Waals surface area (Å²) < 4.78 is 0. The molecule has 0 aliphatic heterocycles. The molecule has 9 aromatic rings. The lowest BCUT2D eigenvalue weighted by molar-refractivity contribution is 0.667. The Morgan fingerprint density at radius 3 is 1.69 bits per heavy atom. The molecule has 0 atom stereocenters. The summed E-state index contributed by atoms with van der Waals surface area (Å²) in [5, 5.41) is 10.7. The maximum Gasteiger partial charge on any atom is 0.0165 e. The second-order valence-corrected chi connectivity index (χ2v) is 14.4. The Morgan fingerprint density at radius 2 is 0.918 bits per heavy atom. The average molecular weight is 621 g/mol. The van der Waals surface area contributed by atoms with Crippen molar-refractivity contribution in [2.45, 2.75) is 19.3 Å². The predicted molar refractivity (Wildman–Crippen MR) is 209 cm³/mol. The Hall–Kier alpha value is -5.98. The van der Waals surface area contributed by atoms with Crippen LogP contribution in [-0.4, -0.2) is 0 Å². The SMILES string of the molecule is CC1(C)c2cc3cc(-c4ccc(-c5ccc6c7c(cccc57)-c5ccccc5-6)cc4)ccc3cc2-c2c1c1ccccc1c1ccccc21. The first-order chi connectivity index (χ1) is 24.1. The minimum atomic E-state index is -0.110. The molecule has 0 saturated carbocycles. The van der Waals surface area contributed by atoms with Crippen LogP contribution in [0.4, 0.5) is 0 Å².